The Morgan fingerprint density at radius 3 is 2.28 bits per heavy atom. The van der Waals surface area contributed by atoms with Gasteiger partial charge in [-0.05, 0) is 42.2 Å². The quantitative estimate of drug-likeness (QED) is 0.341. The van der Waals surface area contributed by atoms with Crippen molar-refractivity contribution in [3.8, 4) is 0 Å². The predicted molar refractivity (Wildman–Crippen MR) is 144 cm³/mol. The van der Waals surface area contributed by atoms with Crippen LogP contribution in [0.3, 0.4) is 0 Å². The van der Waals surface area contributed by atoms with E-state index in [1.54, 1.807) is 0 Å². The second kappa shape index (κ2) is 12.4. The summed E-state index contributed by atoms with van der Waals surface area (Å²) in [6.07, 6.45) is 2.11. The molecule has 1 heterocycles. The van der Waals surface area contributed by atoms with Gasteiger partial charge >= 0.3 is 5.97 Å². The standard InChI is InChI=1S/C30H35N3O3/c1-2-29(34)33(27-15-9-14-25(31)20-27)26-16-18-32(19-17-26)21-28(24-12-7-4-8-13-24)30(35)36-22-23-10-5-3-6-11-23/h3-15,20,26,28H,2,16-19,21-22,31H2,1H3. The molecule has 0 aromatic heterocycles. The predicted octanol–water partition coefficient (Wildman–Crippen LogP) is 5.00. The lowest BCUT2D eigenvalue weighted by Crippen LogP contribution is -2.48. The van der Waals surface area contributed by atoms with Gasteiger partial charge in [-0.25, -0.2) is 0 Å². The van der Waals surface area contributed by atoms with Crippen LogP contribution in [-0.4, -0.2) is 42.5 Å². The van der Waals surface area contributed by atoms with Gasteiger partial charge in [0.15, 0.2) is 0 Å². The highest BCUT2D eigenvalue weighted by atomic mass is 16.5. The minimum atomic E-state index is -0.367. The van der Waals surface area contributed by atoms with E-state index in [1.165, 1.54) is 0 Å². The van der Waals surface area contributed by atoms with Crippen molar-refractivity contribution < 1.29 is 14.3 Å². The molecule has 0 saturated carbocycles. The number of hydrogen-bond donors (Lipinski definition) is 1. The third-order valence-corrected chi connectivity index (χ3v) is 6.79. The zero-order chi connectivity index (χ0) is 25.3. The van der Waals surface area contributed by atoms with Crippen LogP contribution in [0.1, 0.15) is 43.2 Å². The molecule has 1 atom stereocenters. The molecule has 1 aliphatic rings. The third kappa shape index (κ3) is 6.52. The van der Waals surface area contributed by atoms with E-state index in [-0.39, 0.29) is 30.4 Å². The van der Waals surface area contributed by atoms with Crippen LogP contribution in [0.2, 0.25) is 0 Å². The summed E-state index contributed by atoms with van der Waals surface area (Å²) in [6.45, 7) is 4.34. The number of nitrogen functional groups attached to an aromatic ring is 1. The number of likely N-dealkylation sites (tertiary alicyclic amines) is 1. The van der Waals surface area contributed by atoms with Gasteiger partial charge in [-0.3, -0.25) is 9.59 Å². The van der Waals surface area contributed by atoms with Crippen molar-refractivity contribution in [3.63, 3.8) is 0 Å². The molecule has 4 rings (SSSR count). The molecule has 6 nitrogen and oxygen atoms in total. The number of ether oxygens (including phenoxy) is 1. The van der Waals surface area contributed by atoms with E-state index < -0.39 is 0 Å². The van der Waals surface area contributed by atoms with Crippen LogP contribution < -0.4 is 10.6 Å². The van der Waals surface area contributed by atoms with Crippen LogP contribution in [0.25, 0.3) is 0 Å². The van der Waals surface area contributed by atoms with E-state index in [2.05, 4.69) is 4.90 Å². The largest absolute Gasteiger partial charge is 0.460 e. The summed E-state index contributed by atoms with van der Waals surface area (Å²) >= 11 is 0. The molecular formula is C30H35N3O3. The maximum atomic E-state index is 13.2. The molecule has 1 unspecified atom stereocenters. The molecule has 3 aromatic rings. The smallest absolute Gasteiger partial charge is 0.315 e. The first-order valence-corrected chi connectivity index (χ1v) is 12.7. The average molecular weight is 486 g/mol. The van der Waals surface area contributed by atoms with Crippen molar-refractivity contribution >= 4 is 23.3 Å². The molecule has 6 heteroatoms. The highest BCUT2D eigenvalue weighted by molar-refractivity contribution is 5.94. The van der Waals surface area contributed by atoms with Crippen molar-refractivity contribution in [1.29, 1.82) is 0 Å². The summed E-state index contributed by atoms with van der Waals surface area (Å²) < 4.78 is 5.73. The Kier molecular flexibility index (Phi) is 8.74. The monoisotopic (exact) mass is 485 g/mol. The number of amides is 1. The van der Waals surface area contributed by atoms with Crippen molar-refractivity contribution in [3.05, 3.63) is 96.1 Å². The van der Waals surface area contributed by atoms with Crippen LogP contribution in [0.5, 0.6) is 0 Å². The maximum absolute atomic E-state index is 13.2. The Bertz CT molecular complexity index is 1130. The van der Waals surface area contributed by atoms with E-state index in [0.29, 0.717) is 18.7 Å². The first-order chi connectivity index (χ1) is 17.5. The fraction of sp³-hybridized carbons (Fsp3) is 0.333. The van der Waals surface area contributed by atoms with Gasteiger partial charge in [0.05, 0.1) is 5.92 Å². The van der Waals surface area contributed by atoms with Gasteiger partial charge in [-0.2, -0.15) is 0 Å². The maximum Gasteiger partial charge on any atom is 0.315 e. The van der Waals surface area contributed by atoms with Crippen molar-refractivity contribution in [2.45, 2.75) is 44.8 Å². The SMILES string of the molecule is CCC(=O)N(c1cccc(N)c1)C1CCN(CC(C(=O)OCc2ccccc2)c2ccccc2)CC1. The number of benzene rings is 3. The summed E-state index contributed by atoms with van der Waals surface area (Å²) in [5, 5.41) is 0. The molecule has 1 fully saturated rings. The minimum absolute atomic E-state index is 0.103. The summed E-state index contributed by atoms with van der Waals surface area (Å²) in [6, 6.07) is 27.2. The fourth-order valence-electron chi connectivity index (χ4n) is 4.85. The summed E-state index contributed by atoms with van der Waals surface area (Å²) in [4.78, 5) is 30.3. The van der Waals surface area contributed by atoms with Gasteiger partial charge in [0.25, 0.3) is 0 Å². The van der Waals surface area contributed by atoms with Crippen molar-refractivity contribution in [1.82, 2.24) is 4.90 Å². The highest BCUT2D eigenvalue weighted by Gasteiger charge is 2.31. The molecule has 0 spiro atoms. The van der Waals surface area contributed by atoms with Crippen LogP contribution >= 0.6 is 0 Å². The van der Waals surface area contributed by atoms with Crippen LogP contribution in [0.4, 0.5) is 11.4 Å². The number of carbonyl (C=O) groups excluding carboxylic acids is 2. The summed E-state index contributed by atoms with van der Waals surface area (Å²) in [5.74, 6) is -0.478. The number of nitrogens with zero attached hydrogens (tertiary/aromatic N) is 2. The first kappa shape index (κ1) is 25.5. The number of carbonyl (C=O) groups is 2. The summed E-state index contributed by atoms with van der Waals surface area (Å²) in [7, 11) is 0. The molecule has 3 aromatic carbocycles. The van der Waals surface area contributed by atoms with Crippen LogP contribution in [-0.2, 0) is 20.9 Å². The van der Waals surface area contributed by atoms with Gasteiger partial charge in [0.1, 0.15) is 6.61 Å². The second-order valence-corrected chi connectivity index (χ2v) is 9.30. The molecule has 0 bridgehead atoms. The molecule has 36 heavy (non-hydrogen) atoms. The van der Waals surface area contributed by atoms with Gasteiger partial charge in [-0.1, -0.05) is 73.7 Å². The van der Waals surface area contributed by atoms with Gasteiger partial charge in [-0.15, -0.1) is 0 Å². The normalized spacial score (nSPS) is 15.2. The van der Waals surface area contributed by atoms with Gasteiger partial charge in [0, 0.05) is 43.5 Å². The lowest BCUT2D eigenvalue weighted by molar-refractivity contribution is -0.147. The van der Waals surface area contributed by atoms with E-state index in [1.807, 2.05) is 96.8 Å². The van der Waals surface area contributed by atoms with Gasteiger partial charge < -0.3 is 20.3 Å². The topological polar surface area (TPSA) is 75.9 Å². The zero-order valence-electron chi connectivity index (χ0n) is 20.9. The zero-order valence-corrected chi connectivity index (χ0v) is 20.9. The molecule has 0 aliphatic carbocycles. The number of nitrogens with two attached hydrogens (primary N) is 1. The first-order valence-electron chi connectivity index (χ1n) is 12.7. The molecule has 1 aliphatic heterocycles. The number of esters is 1. The van der Waals surface area contributed by atoms with Crippen LogP contribution in [0.15, 0.2) is 84.9 Å². The Morgan fingerprint density at radius 1 is 0.972 bits per heavy atom. The van der Waals surface area contributed by atoms with E-state index in [9.17, 15) is 9.59 Å². The van der Waals surface area contributed by atoms with Crippen molar-refractivity contribution in [2.75, 3.05) is 30.3 Å². The highest BCUT2D eigenvalue weighted by Crippen LogP contribution is 2.28. The third-order valence-electron chi connectivity index (χ3n) is 6.79. The van der Waals surface area contributed by atoms with Crippen molar-refractivity contribution in [2.24, 2.45) is 0 Å². The number of hydrogen-bond acceptors (Lipinski definition) is 5. The average Bonchev–Trinajstić information content (AvgIpc) is 2.92. The van der Waals surface area contributed by atoms with E-state index >= 15 is 0 Å². The molecule has 2 N–H and O–H groups in total. The Morgan fingerprint density at radius 2 is 1.64 bits per heavy atom. The van der Waals surface area contributed by atoms with Gasteiger partial charge in [0.2, 0.25) is 5.91 Å². The number of rotatable bonds is 9. The van der Waals surface area contributed by atoms with Crippen LogP contribution in [0, 0.1) is 0 Å². The Hall–Kier alpha value is -3.64. The summed E-state index contributed by atoms with van der Waals surface area (Å²) in [5.41, 5.74) is 9.44. The van der Waals surface area contributed by atoms with E-state index in [4.69, 9.17) is 10.5 Å². The number of anilines is 2. The lowest BCUT2D eigenvalue weighted by Gasteiger charge is -2.39. The minimum Gasteiger partial charge on any atom is -0.460 e. The fourth-order valence-corrected chi connectivity index (χ4v) is 4.85. The number of piperidine rings is 1. The molecule has 0 radical (unpaired) electrons. The molecule has 188 valence electrons. The second-order valence-electron chi connectivity index (χ2n) is 9.30. The molecular weight excluding hydrogens is 450 g/mol. The van der Waals surface area contributed by atoms with E-state index in [0.717, 1.165) is 42.7 Å². The molecule has 1 saturated heterocycles. The Labute approximate surface area is 213 Å². The Balaban J connectivity index is 1.42. The lowest BCUT2D eigenvalue weighted by atomic mass is 9.96. The molecule has 1 amide bonds.